The van der Waals surface area contributed by atoms with Crippen LogP contribution in [0.3, 0.4) is 0 Å². The smallest absolute Gasteiger partial charge is 0.293 e. The summed E-state index contributed by atoms with van der Waals surface area (Å²) in [6.45, 7) is 0. The second-order valence-electron chi connectivity index (χ2n) is 4.52. The Balaban J connectivity index is 2.60. The third-order valence-electron chi connectivity index (χ3n) is 2.94. The molecule has 20 heavy (non-hydrogen) atoms. The molecule has 0 fully saturated rings. The van der Waals surface area contributed by atoms with Gasteiger partial charge in [0.15, 0.2) is 5.78 Å². The molecule has 102 valence electrons. The topological polar surface area (TPSA) is 63.5 Å². The molecule has 0 saturated heterocycles. The summed E-state index contributed by atoms with van der Waals surface area (Å²) in [6, 6.07) is 13.3. The predicted molar refractivity (Wildman–Crippen MR) is 77.3 cm³/mol. The van der Waals surface area contributed by atoms with Crippen LogP contribution in [0.15, 0.2) is 48.5 Å². The minimum atomic E-state index is -0.475. The molecular weight excluding hydrogens is 256 g/mol. The van der Waals surface area contributed by atoms with Gasteiger partial charge in [0.1, 0.15) is 5.69 Å². The van der Waals surface area contributed by atoms with E-state index in [1.807, 2.05) is 6.07 Å². The highest BCUT2D eigenvalue weighted by Crippen LogP contribution is 2.31. The van der Waals surface area contributed by atoms with Crippen molar-refractivity contribution in [3.05, 3.63) is 69.8 Å². The van der Waals surface area contributed by atoms with Gasteiger partial charge in [0, 0.05) is 25.7 Å². The molecule has 0 aliphatic heterocycles. The number of anilines is 1. The Morgan fingerprint density at radius 2 is 1.70 bits per heavy atom. The summed E-state index contributed by atoms with van der Waals surface area (Å²) in [5.41, 5.74) is 1.09. The molecule has 0 N–H and O–H groups in total. The summed E-state index contributed by atoms with van der Waals surface area (Å²) in [5.74, 6) is -0.224. The van der Waals surface area contributed by atoms with Gasteiger partial charge in [-0.15, -0.1) is 0 Å². The highest BCUT2D eigenvalue weighted by molar-refractivity contribution is 6.13. The molecule has 0 aromatic heterocycles. The Hall–Kier alpha value is -2.69. The lowest BCUT2D eigenvalue weighted by molar-refractivity contribution is -0.384. The average Bonchev–Trinajstić information content (AvgIpc) is 2.46. The van der Waals surface area contributed by atoms with Gasteiger partial charge >= 0.3 is 0 Å². The number of carbonyl (C=O) groups excluding carboxylic acids is 1. The van der Waals surface area contributed by atoms with Gasteiger partial charge < -0.3 is 4.90 Å². The average molecular weight is 270 g/mol. The Labute approximate surface area is 116 Å². The maximum Gasteiger partial charge on any atom is 0.293 e. The lowest BCUT2D eigenvalue weighted by Crippen LogP contribution is -2.16. The van der Waals surface area contributed by atoms with Crippen molar-refractivity contribution in [1.29, 1.82) is 0 Å². The predicted octanol–water partition coefficient (Wildman–Crippen LogP) is 2.89. The second kappa shape index (κ2) is 5.52. The number of ketones is 1. The van der Waals surface area contributed by atoms with Gasteiger partial charge in [-0.1, -0.05) is 36.4 Å². The van der Waals surface area contributed by atoms with Gasteiger partial charge in [-0.3, -0.25) is 14.9 Å². The number of nitro benzene ring substituents is 1. The van der Waals surface area contributed by atoms with E-state index in [2.05, 4.69) is 0 Å². The molecule has 2 aromatic rings. The molecule has 5 heteroatoms. The number of para-hydroxylation sites is 1. The second-order valence-corrected chi connectivity index (χ2v) is 4.52. The standard InChI is InChI=1S/C15H14N2O3/c1-16(2)14-12(9-6-10-13(14)17(19)20)15(18)11-7-4-3-5-8-11/h3-10H,1-2H3. The molecule has 2 rings (SSSR count). The maximum absolute atomic E-state index is 12.5. The van der Waals surface area contributed by atoms with E-state index in [4.69, 9.17) is 0 Å². The molecular formula is C15H14N2O3. The van der Waals surface area contributed by atoms with Crippen LogP contribution in [0, 0.1) is 10.1 Å². The van der Waals surface area contributed by atoms with Crippen molar-refractivity contribution >= 4 is 17.2 Å². The first-order valence-electron chi connectivity index (χ1n) is 6.07. The molecule has 0 spiro atoms. The van der Waals surface area contributed by atoms with E-state index in [1.54, 1.807) is 49.3 Å². The van der Waals surface area contributed by atoms with Crippen molar-refractivity contribution in [2.75, 3.05) is 19.0 Å². The molecule has 0 heterocycles. The van der Waals surface area contributed by atoms with Crippen molar-refractivity contribution in [1.82, 2.24) is 0 Å². The molecule has 5 nitrogen and oxygen atoms in total. The highest BCUT2D eigenvalue weighted by Gasteiger charge is 2.23. The summed E-state index contributed by atoms with van der Waals surface area (Å²) < 4.78 is 0. The SMILES string of the molecule is CN(C)c1c(C(=O)c2ccccc2)cccc1[N+](=O)[O-]. The monoisotopic (exact) mass is 270 g/mol. The fourth-order valence-corrected chi connectivity index (χ4v) is 2.08. The Morgan fingerprint density at radius 1 is 1.05 bits per heavy atom. The zero-order valence-corrected chi connectivity index (χ0v) is 11.2. The zero-order valence-electron chi connectivity index (χ0n) is 11.2. The Bertz CT molecular complexity index is 651. The van der Waals surface area contributed by atoms with Crippen molar-refractivity contribution in [2.24, 2.45) is 0 Å². The summed E-state index contributed by atoms with van der Waals surface area (Å²) in [7, 11) is 3.37. The van der Waals surface area contributed by atoms with E-state index in [-0.39, 0.29) is 11.5 Å². The van der Waals surface area contributed by atoms with Gasteiger partial charge in [0.2, 0.25) is 0 Å². The molecule has 0 atom stereocenters. The van der Waals surface area contributed by atoms with E-state index in [0.717, 1.165) is 0 Å². The number of rotatable bonds is 4. The highest BCUT2D eigenvalue weighted by atomic mass is 16.6. The molecule has 0 aliphatic carbocycles. The lowest BCUT2D eigenvalue weighted by atomic mass is 10.0. The fourth-order valence-electron chi connectivity index (χ4n) is 2.08. The fraction of sp³-hybridized carbons (Fsp3) is 0.133. The van der Waals surface area contributed by atoms with E-state index in [0.29, 0.717) is 16.8 Å². The first-order valence-corrected chi connectivity index (χ1v) is 6.07. The molecule has 0 unspecified atom stereocenters. The van der Waals surface area contributed by atoms with Gasteiger partial charge in [-0.2, -0.15) is 0 Å². The number of hydrogen-bond acceptors (Lipinski definition) is 4. The third-order valence-corrected chi connectivity index (χ3v) is 2.94. The van der Waals surface area contributed by atoms with E-state index < -0.39 is 4.92 Å². The van der Waals surface area contributed by atoms with Gasteiger partial charge in [-0.25, -0.2) is 0 Å². The summed E-state index contributed by atoms with van der Waals surface area (Å²) in [6.07, 6.45) is 0. The van der Waals surface area contributed by atoms with Crippen molar-refractivity contribution in [3.63, 3.8) is 0 Å². The number of benzene rings is 2. The summed E-state index contributed by atoms with van der Waals surface area (Å²) >= 11 is 0. The van der Waals surface area contributed by atoms with E-state index >= 15 is 0 Å². The van der Waals surface area contributed by atoms with Crippen LogP contribution in [0.2, 0.25) is 0 Å². The van der Waals surface area contributed by atoms with Crippen LogP contribution in [-0.4, -0.2) is 24.8 Å². The maximum atomic E-state index is 12.5. The molecule has 0 aliphatic rings. The Morgan fingerprint density at radius 3 is 2.25 bits per heavy atom. The Kier molecular flexibility index (Phi) is 3.79. The number of carbonyl (C=O) groups is 1. The first-order chi connectivity index (χ1) is 9.52. The van der Waals surface area contributed by atoms with Crippen molar-refractivity contribution < 1.29 is 9.72 Å². The van der Waals surface area contributed by atoms with Crippen LogP contribution in [0.5, 0.6) is 0 Å². The van der Waals surface area contributed by atoms with Crippen LogP contribution < -0.4 is 4.90 Å². The van der Waals surface area contributed by atoms with Crippen LogP contribution in [0.4, 0.5) is 11.4 Å². The molecule has 2 aromatic carbocycles. The van der Waals surface area contributed by atoms with Crippen LogP contribution in [0.1, 0.15) is 15.9 Å². The first kappa shape index (κ1) is 13.7. The summed E-state index contributed by atoms with van der Waals surface area (Å²) in [5, 5.41) is 11.1. The molecule has 0 amide bonds. The number of nitro groups is 1. The van der Waals surface area contributed by atoms with Gasteiger partial charge in [0.25, 0.3) is 5.69 Å². The quantitative estimate of drug-likeness (QED) is 0.487. The number of nitrogens with zero attached hydrogens (tertiary/aromatic N) is 2. The minimum Gasteiger partial charge on any atom is -0.372 e. The van der Waals surface area contributed by atoms with Crippen molar-refractivity contribution in [2.45, 2.75) is 0 Å². The largest absolute Gasteiger partial charge is 0.372 e. The third kappa shape index (κ3) is 2.51. The van der Waals surface area contributed by atoms with E-state index in [9.17, 15) is 14.9 Å². The molecule has 0 saturated carbocycles. The minimum absolute atomic E-state index is 0.0724. The summed E-state index contributed by atoms with van der Waals surface area (Å²) in [4.78, 5) is 24.7. The molecule has 0 bridgehead atoms. The van der Waals surface area contributed by atoms with Crippen molar-refractivity contribution in [3.8, 4) is 0 Å². The van der Waals surface area contributed by atoms with E-state index in [1.165, 1.54) is 12.1 Å². The molecule has 0 radical (unpaired) electrons. The number of hydrogen-bond donors (Lipinski definition) is 0. The lowest BCUT2D eigenvalue weighted by Gasteiger charge is -2.16. The van der Waals surface area contributed by atoms with Gasteiger partial charge in [-0.05, 0) is 6.07 Å². The van der Waals surface area contributed by atoms with Gasteiger partial charge in [0.05, 0.1) is 10.5 Å². The van der Waals surface area contributed by atoms with Crippen LogP contribution >= 0.6 is 0 Å². The zero-order chi connectivity index (χ0) is 14.7. The van der Waals surface area contributed by atoms with Crippen LogP contribution in [0.25, 0.3) is 0 Å². The van der Waals surface area contributed by atoms with Crippen LogP contribution in [-0.2, 0) is 0 Å². The normalized spacial score (nSPS) is 10.1.